The van der Waals surface area contributed by atoms with Gasteiger partial charge in [-0.2, -0.15) is 5.10 Å². The highest BCUT2D eigenvalue weighted by Crippen LogP contribution is 2.16. The molecule has 0 aliphatic heterocycles. The predicted octanol–water partition coefficient (Wildman–Crippen LogP) is 1.54. The molecule has 5 nitrogen and oxygen atoms in total. The van der Waals surface area contributed by atoms with Crippen LogP contribution in [0.25, 0.3) is 0 Å². The van der Waals surface area contributed by atoms with Crippen LogP contribution in [0, 0.1) is 13.8 Å². The van der Waals surface area contributed by atoms with E-state index in [1.165, 1.54) is 0 Å². The SMILES string of the molecule is Cc1n[nH]c(C)c1NC(=O)[C@@H](N)Cc1ccccc1. The van der Waals surface area contributed by atoms with Gasteiger partial charge in [-0.05, 0) is 25.8 Å². The van der Waals surface area contributed by atoms with E-state index < -0.39 is 6.04 Å². The van der Waals surface area contributed by atoms with Crippen molar-refractivity contribution < 1.29 is 4.79 Å². The lowest BCUT2D eigenvalue weighted by Gasteiger charge is -2.12. The Kier molecular flexibility index (Phi) is 3.97. The number of hydrogen-bond acceptors (Lipinski definition) is 3. The van der Waals surface area contributed by atoms with Crippen LogP contribution in [0.1, 0.15) is 17.0 Å². The molecule has 1 atom stereocenters. The van der Waals surface area contributed by atoms with Crippen molar-refractivity contribution >= 4 is 11.6 Å². The number of nitrogens with one attached hydrogen (secondary N) is 2. The summed E-state index contributed by atoms with van der Waals surface area (Å²) in [7, 11) is 0. The van der Waals surface area contributed by atoms with Gasteiger partial charge in [-0.15, -0.1) is 0 Å². The molecular formula is C14H18N4O. The van der Waals surface area contributed by atoms with Crippen molar-refractivity contribution in [3.05, 3.63) is 47.3 Å². The van der Waals surface area contributed by atoms with Crippen molar-refractivity contribution in [1.82, 2.24) is 10.2 Å². The highest BCUT2D eigenvalue weighted by molar-refractivity contribution is 5.95. The second-order valence-corrected chi connectivity index (χ2v) is 4.59. The predicted molar refractivity (Wildman–Crippen MR) is 74.8 cm³/mol. The number of aromatic nitrogens is 2. The van der Waals surface area contributed by atoms with Crippen LogP contribution in [0.4, 0.5) is 5.69 Å². The smallest absolute Gasteiger partial charge is 0.241 e. The molecule has 5 heteroatoms. The average molecular weight is 258 g/mol. The number of H-pyrrole nitrogens is 1. The number of aromatic amines is 1. The van der Waals surface area contributed by atoms with Crippen molar-refractivity contribution in [2.24, 2.45) is 5.73 Å². The summed E-state index contributed by atoms with van der Waals surface area (Å²) in [5.41, 5.74) is 9.28. The Labute approximate surface area is 112 Å². The largest absolute Gasteiger partial charge is 0.322 e. The quantitative estimate of drug-likeness (QED) is 0.777. The van der Waals surface area contributed by atoms with Gasteiger partial charge in [0.15, 0.2) is 0 Å². The van der Waals surface area contributed by atoms with Gasteiger partial charge in [-0.1, -0.05) is 30.3 Å². The van der Waals surface area contributed by atoms with Crippen molar-refractivity contribution in [2.75, 3.05) is 5.32 Å². The van der Waals surface area contributed by atoms with Crippen molar-refractivity contribution in [3.63, 3.8) is 0 Å². The van der Waals surface area contributed by atoms with Crippen LogP contribution in [0.5, 0.6) is 0 Å². The number of nitrogens with two attached hydrogens (primary N) is 1. The summed E-state index contributed by atoms with van der Waals surface area (Å²) in [6.45, 7) is 3.69. The minimum absolute atomic E-state index is 0.198. The van der Waals surface area contributed by atoms with E-state index in [0.29, 0.717) is 12.1 Å². The fourth-order valence-corrected chi connectivity index (χ4v) is 1.91. The average Bonchev–Trinajstić information content (AvgIpc) is 2.71. The van der Waals surface area contributed by atoms with E-state index in [9.17, 15) is 4.79 Å². The van der Waals surface area contributed by atoms with Crippen molar-refractivity contribution in [1.29, 1.82) is 0 Å². The van der Waals surface area contributed by atoms with Gasteiger partial charge < -0.3 is 11.1 Å². The van der Waals surface area contributed by atoms with Gasteiger partial charge in [-0.25, -0.2) is 0 Å². The van der Waals surface area contributed by atoms with Crippen LogP contribution in [0.15, 0.2) is 30.3 Å². The number of benzene rings is 1. The van der Waals surface area contributed by atoms with Crippen LogP contribution in [-0.2, 0) is 11.2 Å². The van der Waals surface area contributed by atoms with Crippen LogP contribution < -0.4 is 11.1 Å². The highest BCUT2D eigenvalue weighted by Gasteiger charge is 2.17. The van der Waals surface area contributed by atoms with Crippen molar-refractivity contribution in [3.8, 4) is 0 Å². The van der Waals surface area contributed by atoms with Crippen LogP contribution in [0.3, 0.4) is 0 Å². The molecule has 0 bridgehead atoms. The fraction of sp³-hybridized carbons (Fsp3) is 0.286. The minimum atomic E-state index is -0.573. The molecule has 0 spiro atoms. The van der Waals surface area contributed by atoms with E-state index in [1.54, 1.807) is 0 Å². The molecule has 100 valence electrons. The Morgan fingerprint density at radius 3 is 2.63 bits per heavy atom. The fourth-order valence-electron chi connectivity index (χ4n) is 1.91. The highest BCUT2D eigenvalue weighted by atomic mass is 16.2. The molecule has 2 rings (SSSR count). The van der Waals surface area contributed by atoms with Gasteiger partial charge in [0.25, 0.3) is 0 Å². The molecule has 0 saturated heterocycles. The van der Waals surface area contributed by atoms with Crippen LogP contribution in [0.2, 0.25) is 0 Å². The molecule has 0 aliphatic rings. The molecule has 0 radical (unpaired) electrons. The Morgan fingerprint density at radius 1 is 1.37 bits per heavy atom. The summed E-state index contributed by atoms with van der Waals surface area (Å²) in [5, 5.41) is 9.68. The van der Waals surface area contributed by atoms with Crippen LogP contribution in [-0.4, -0.2) is 22.1 Å². The number of carbonyl (C=O) groups excluding carboxylic acids is 1. The van der Waals surface area contributed by atoms with Gasteiger partial charge in [0.05, 0.1) is 23.1 Å². The first-order chi connectivity index (χ1) is 9.08. The summed E-state index contributed by atoms with van der Waals surface area (Å²) < 4.78 is 0. The molecule has 4 N–H and O–H groups in total. The van der Waals surface area contributed by atoms with E-state index >= 15 is 0 Å². The number of aryl methyl sites for hydroxylation is 2. The van der Waals surface area contributed by atoms with Crippen molar-refractivity contribution in [2.45, 2.75) is 26.3 Å². The zero-order valence-electron chi connectivity index (χ0n) is 11.1. The molecule has 0 fully saturated rings. The Balaban J connectivity index is 2.00. The molecule has 19 heavy (non-hydrogen) atoms. The summed E-state index contributed by atoms with van der Waals surface area (Å²) in [6.07, 6.45) is 0.516. The Morgan fingerprint density at radius 2 is 2.05 bits per heavy atom. The molecule has 0 unspecified atom stereocenters. The molecule has 0 aliphatic carbocycles. The van der Waals surface area contributed by atoms with Gasteiger partial charge >= 0.3 is 0 Å². The van der Waals surface area contributed by atoms with Gasteiger partial charge in [0.1, 0.15) is 0 Å². The number of nitrogens with zero attached hydrogens (tertiary/aromatic N) is 1. The second kappa shape index (κ2) is 5.67. The molecule has 1 aromatic carbocycles. The van der Waals surface area contributed by atoms with Gasteiger partial charge in [0.2, 0.25) is 5.91 Å². The molecule has 1 amide bonds. The lowest BCUT2D eigenvalue weighted by atomic mass is 10.1. The topological polar surface area (TPSA) is 83.8 Å². The Hall–Kier alpha value is -2.14. The maximum absolute atomic E-state index is 12.0. The zero-order chi connectivity index (χ0) is 13.8. The van der Waals surface area contributed by atoms with Crippen LogP contribution >= 0.6 is 0 Å². The molecule has 1 aromatic heterocycles. The van der Waals surface area contributed by atoms with Gasteiger partial charge in [0, 0.05) is 0 Å². The Bertz CT molecular complexity index is 543. The first-order valence-corrected chi connectivity index (χ1v) is 6.20. The zero-order valence-corrected chi connectivity index (χ0v) is 11.1. The van der Waals surface area contributed by atoms with E-state index in [-0.39, 0.29) is 5.91 Å². The van der Waals surface area contributed by atoms with E-state index in [2.05, 4.69) is 15.5 Å². The maximum atomic E-state index is 12.0. The normalized spacial score (nSPS) is 12.2. The lowest BCUT2D eigenvalue weighted by molar-refractivity contribution is -0.117. The minimum Gasteiger partial charge on any atom is -0.322 e. The number of amides is 1. The molecule has 0 saturated carbocycles. The molecular weight excluding hydrogens is 240 g/mol. The van der Waals surface area contributed by atoms with Gasteiger partial charge in [-0.3, -0.25) is 9.89 Å². The monoisotopic (exact) mass is 258 g/mol. The summed E-state index contributed by atoms with van der Waals surface area (Å²) in [6, 6.07) is 9.15. The summed E-state index contributed by atoms with van der Waals surface area (Å²) in [4.78, 5) is 12.0. The van der Waals surface area contributed by atoms with E-state index in [1.807, 2.05) is 44.2 Å². The third kappa shape index (κ3) is 3.20. The second-order valence-electron chi connectivity index (χ2n) is 4.59. The summed E-state index contributed by atoms with van der Waals surface area (Å²) >= 11 is 0. The first-order valence-electron chi connectivity index (χ1n) is 6.20. The first kappa shape index (κ1) is 13.3. The number of anilines is 1. The third-order valence-corrected chi connectivity index (χ3v) is 3.01. The van der Waals surface area contributed by atoms with E-state index in [0.717, 1.165) is 17.0 Å². The maximum Gasteiger partial charge on any atom is 0.241 e. The number of carbonyl (C=O) groups is 1. The number of rotatable bonds is 4. The molecule has 1 heterocycles. The summed E-state index contributed by atoms with van der Waals surface area (Å²) in [5.74, 6) is -0.198. The standard InChI is InChI=1S/C14H18N4O/c1-9-13(10(2)18-17-9)16-14(19)12(15)8-11-6-4-3-5-7-11/h3-7,12H,8,15H2,1-2H3,(H,16,19)(H,17,18)/t12-/m0/s1. The lowest BCUT2D eigenvalue weighted by Crippen LogP contribution is -2.37. The third-order valence-electron chi connectivity index (χ3n) is 3.01. The van der Waals surface area contributed by atoms with E-state index in [4.69, 9.17) is 5.73 Å². The molecule has 2 aromatic rings. The number of hydrogen-bond donors (Lipinski definition) is 3.